The summed E-state index contributed by atoms with van der Waals surface area (Å²) in [7, 11) is 0. The molecule has 0 unspecified atom stereocenters. The SMILES string of the molecule is c1ccc(-c2c3ccccc3c(-c3cc4c5c(c3)sc3cccc(c35)-c3cccc5cccc-4c35)c3ccccc23)cc1. The van der Waals surface area contributed by atoms with Gasteiger partial charge in [-0.1, -0.05) is 127 Å². The molecule has 0 spiro atoms. The molecule has 0 radical (unpaired) electrons. The van der Waals surface area contributed by atoms with Crippen molar-refractivity contribution in [2.75, 3.05) is 0 Å². The molecule has 0 saturated carbocycles. The topological polar surface area (TPSA) is 0 Å². The van der Waals surface area contributed by atoms with Crippen LogP contribution >= 0.6 is 11.3 Å². The second kappa shape index (κ2) is 8.64. The minimum Gasteiger partial charge on any atom is -0.135 e. The predicted octanol–water partition coefficient (Wildman–Crippen LogP) is 12.5. The van der Waals surface area contributed by atoms with Crippen molar-refractivity contribution >= 4 is 63.8 Å². The summed E-state index contributed by atoms with van der Waals surface area (Å²) < 4.78 is 2.70. The van der Waals surface area contributed by atoms with E-state index in [1.165, 1.54) is 97.0 Å². The molecule has 0 atom stereocenters. The molecular formula is C42H24S. The Labute approximate surface area is 253 Å². The highest BCUT2D eigenvalue weighted by atomic mass is 32.1. The van der Waals surface area contributed by atoms with Gasteiger partial charge in [-0.15, -0.1) is 11.3 Å². The van der Waals surface area contributed by atoms with Crippen LogP contribution in [0.3, 0.4) is 0 Å². The summed E-state index contributed by atoms with van der Waals surface area (Å²) in [5.74, 6) is 0. The lowest BCUT2D eigenvalue weighted by Gasteiger charge is -2.18. The maximum atomic E-state index is 2.48. The normalized spacial score (nSPS) is 12.2. The van der Waals surface area contributed by atoms with E-state index in [2.05, 4.69) is 146 Å². The first-order valence-corrected chi connectivity index (χ1v) is 15.7. The molecule has 0 bridgehead atoms. The summed E-state index contributed by atoms with van der Waals surface area (Å²) in [6.45, 7) is 0. The Bertz CT molecular complexity index is 2540. The zero-order chi connectivity index (χ0) is 28.1. The molecule has 43 heavy (non-hydrogen) atoms. The highest BCUT2D eigenvalue weighted by molar-refractivity contribution is 7.26. The molecule has 8 aromatic carbocycles. The predicted molar refractivity (Wildman–Crippen MR) is 187 cm³/mol. The van der Waals surface area contributed by atoms with Gasteiger partial charge in [0.25, 0.3) is 0 Å². The number of rotatable bonds is 2. The molecule has 1 aliphatic carbocycles. The van der Waals surface area contributed by atoms with Crippen molar-refractivity contribution in [3.05, 3.63) is 146 Å². The van der Waals surface area contributed by atoms with E-state index in [9.17, 15) is 0 Å². The van der Waals surface area contributed by atoms with Crippen LogP contribution in [0.25, 0.3) is 97.0 Å². The minimum absolute atomic E-state index is 1.25. The number of fused-ring (bicyclic) bond motifs is 4. The summed E-state index contributed by atoms with van der Waals surface area (Å²) in [5, 5.41) is 10.6. The Morgan fingerprint density at radius 2 is 0.837 bits per heavy atom. The Kier molecular flexibility index (Phi) is 4.69. The van der Waals surface area contributed by atoms with Gasteiger partial charge in [-0.3, -0.25) is 0 Å². The van der Waals surface area contributed by atoms with Crippen molar-refractivity contribution in [3.8, 4) is 44.5 Å². The average molecular weight is 561 g/mol. The van der Waals surface area contributed by atoms with Crippen molar-refractivity contribution < 1.29 is 0 Å². The summed E-state index contributed by atoms with van der Waals surface area (Å²) in [6, 6.07) is 54.1. The van der Waals surface area contributed by atoms with Crippen molar-refractivity contribution in [2.45, 2.75) is 0 Å². The molecule has 1 aliphatic rings. The van der Waals surface area contributed by atoms with Crippen molar-refractivity contribution in [2.24, 2.45) is 0 Å². The molecule has 0 aliphatic heterocycles. The monoisotopic (exact) mass is 560 g/mol. The fraction of sp³-hybridized carbons (Fsp3) is 0. The first kappa shape index (κ1) is 23.3. The van der Waals surface area contributed by atoms with Crippen LogP contribution in [0.2, 0.25) is 0 Å². The van der Waals surface area contributed by atoms with E-state index in [1.807, 2.05) is 11.3 Å². The van der Waals surface area contributed by atoms with Crippen LogP contribution in [-0.4, -0.2) is 0 Å². The molecule has 1 aromatic heterocycles. The van der Waals surface area contributed by atoms with Crippen LogP contribution in [0.15, 0.2) is 146 Å². The van der Waals surface area contributed by atoms with Crippen molar-refractivity contribution in [1.29, 1.82) is 0 Å². The third kappa shape index (κ3) is 3.15. The fourth-order valence-electron chi connectivity index (χ4n) is 7.67. The third-order valence-electron chi connectivity index (χ3n) is 9.37. The smallest absolute Gasteiger partial charge is 0.0368 e. The van der Waals surface area contributed by atoms with Gasteiger partial charge in [0, 0.05) is 20.2 Å². The van der Waals surface area contributed by atoms with E-state index < -0.39 is 0 Å². The van der Waals surface area contributed by atoms with Gasteiger partial charge in [0.2, 0.25) is 0 Å². The standard InChI is InChI=1S/C42H24S/c1-2-11-25(12-3-1)38-28-15-4-6-17-30(28)40(31-18-7-5-16-29(31)38)27-23-35-34-20-9-14-26-13-8-19-32(39(26)34)33-21-10-22-36-41(33)42(35)37(24-27)43-36/h1-24H. The van der Waals surface area contributed by atoms with E-state index in [0.29, 0.717) is 0 Å². The van der Waals surface area contributed by atoms with Crippen LogP contribution in [0.1, 0.15) is 0 Å². The van der Waals surface area contributed by atoms with Gasteiger partial charge in [0.05, 0.1) is 0 Å². The zero-order valence-electron chi connectivity index (χ0n) is 23.3. The summed E-state index contributed by atoms with van der Waals surface area (Å²) in [5.41, 5.74) is 10.5. The Hall–Kier alpha value is -5.24. The summed E-state index contributed by atoms with van der Waals surface area (Å²) in [4.78, 5) is 0. The Morgan fingerprint density at radius 1 is 0.326 bits per heavy atom. The van der Waals surface area contributed by atoms with Gasteiger partial charge < -0.3 is 0 Å². The average Bonchev–Trinajstić information content (AvgIpc) is 3.39. The number of hydrogen-bond acceptors (Lipinski definition) is 1. The molecule has 198 valence electrons. The van der Waals surface area contributed by atoms with E-state index in [1.54, 1.807) is 0 Å². The van der Waals surface area contributed by atoms with Crippen LogP contribution in [0, 0.1) is 0 Å². The lowest BCUT2D eigenvalue weighted by atomic mass is 9.85. The van der Waals surface area contributed by atoms with Crippen LogP contribution in [0.4, 0.5) is 0 Å². The second-order valence-electron chi connectivity index (χ2n) is 11.6. The number of hydrogen-bond donors (Lipinski definition) is 0. The van der Waals surface area contributed by atoms with Gasteiger partial charge in [0.15, 0.2) is 0 Å². The van der Waals surface area contributed by atoms with Gasteiger partial charge in [-0.2, -0.15) is 0 Å². The molecule has 0 amide bonds. The molecule has 0 N–H and O–H groups in total. The summed E-state index contributed by atoms with van der Waals surface area (Å²) in [6.07, 6.45) is 0. The molecule has 1 heterocycles. The van der Waals surface area contributed by atoms with Crippen molar-refractivity contribution in [1.82, 2.24) is 0 Å². The highest BCUT2D eigenvalue weighted by Gasteiger charge is 2.24. The van der Waals surface area contributed by atoms with E-state index in [-0.39, 0.29) is 0 Å². The van der Waals surface area contributed by atoms with Gasteiger partial charge in [0.1, 0.15) is 0 Å². The molecule has 0 saturated heterocycles. The van der Waals surface area contributed by atoms with Crippen LogP contribution in [-0.2, 0) is 0 Å². The lowest BCUT2D eigenvalue weighted by Crippen LogP contribution is -1.91. The highest BCUT2D eigenvalue weighted by Crippen LogP contribution is 2.53. The minimum atomic E-state index is 1.25. The van der Waals surface area contributed by atoms with Gasteiger partial charge in [-0.05, 0) is 95.0 Å². The molecular weight excluding hydrogens is 537 g/mol. The van der Waals surface area contributed by atoms with Gasteiger partial charge in [-0.25, -0.2) is 0 Å². The van der Waals surface area contributed by atoms with E-state index >= 15 is 0 Å². The molecule has 0 nitrogen and oxygen atoms in total. The summed E-state index contributed by atoms with van der Waals surface area (Å²) >= 11 is 1.92. The Morgan fingerprint density at radius 3 is 1.49 bits per heavy atom. The van der Waals surface area contributed by atoms with Crippen molar-refractivity contribution in [3.63, 3.8) is 0 Å². The maximum absolute atomic E-state index is 2.48. The molecule has 0 fully saturated rings. The first-order chi connectivity index (χ1) is 21.3. The van der Waals surface area contributed by atoms with E-state index in [0.717, 1.165) is 0 Å². The van der Waals surface area contributed by atoms with Crippen LogP contribution < -0.4 is 0 Å². The Balaban J connectivity index is 1.40. The molecule has 10 rings (SSSR count). The second-order valence-corrected chi connectivity index (χ2v) is 12.7. The lowest BCUT2D eigenvalue weighted by molar-refractivity contribution is 1.66. The molecule has 1 heteroatoms. The quantitative estimate of drug-likeness (QED) is 0.184. The fourth-order valence-corrected chi connectivity index (χ4v) is 8.87. The van der Waals surface area contributed by atoms with Crippen LogP contribution in [0.5, 0.6) is 0 Å². The largest absolute Gasteiger partial charge is 0.135 e. The zero-order valence-corrected chi connectivity index (χ0v) is 24.1. The first-order valence-electron chi connectivity index (χ1n) is 14.9. The number of benzene rings is 8. The number of thiophene rings is 1. The molecule has 9 aromatic rings. The van der Waals surface area contributed by atoms with E-state index in [4.69, 9.17) is 0 Å². The van der Waals surface area contributed by atoms with Gasteiger partial charge >= 0.3 is 0 Å². The third-order valence-corrected chi connectivity index (χ3v) is 10.5. The maximum Gasteiger partial charge on any atom is 0.0368 e.